The molecule has 17 nitrogen and oxygen atoms in total. The van der Waals surface area contributed by atoms with Crippen LogP contribution in [0.3, 0.4) is 0 Å². The summed E-state index contributed by atoms with van der Waals surface area (Å²) in [6, 6.07) is 10.4. The minimum atomic E-state index is -1.20. The molecule has 0 fully saturated rings. The number of nitrogens with zero attached hydrogens (tertiary/aromatic N) is 5. The van der Waals surface area contributed by atoms with Gasteiger partial charge in [0.1, 0.15) is 18.1 Å². The van der Waals surface area contributed by atoms with Crippen molar-refractivity contribution in [2.24, 2.45) is 49.1 Å². The number of aliphatic carboxylic acids is 1. The van der Waals surface area contributed by atoms with Crippen LogP contribution in [0.15, 0.2) is 68.7 Å². The van der Waals surface area contributed by atoms with Crippen LogP contribution in [0.5, 0.6) is 0 Å². The molecular formula is C33H50N12O5. The zero-order valence-corrected chi connectivity index (χ0v) is 29.0. The van der Waals surface area contributed by atoms with Crippen molar-refractivity contribution in [2.75, 3.05) is 32.1 Å². The summed E-state index contributed by atoms with van der Waals surface area (Å²) in [6.45, 7) is 3.87. The van der Waals surface area contributed by atoms with Gasteiger partial charge in [0.05, 0.1) is 11.4 Å². The normalized spacial score (nSPS) is 13.3. The van der Waals surface area contributed by atoms with Gasteiger partial charge in [-0.15, -0.1) is 0 Å². The lowest BCUT2D eigenvalue weighted by molar-refractivity contribution is -0.143. The summed E-state index contributed by atoms with van der Waals surface area (Å²) >= 11 is 0. The van der Waals surface area contributed by atoms with Gasteiger partial charge in [-0.1, -0.05) is 20.3 Å². The minimum Gasteiger partial charge on any atom is -0.480 e. The summed E-state index contributed by atoms with van der Waals surface area (Å²) in [4.78, 5) is 62.0. The molecule has 0 saturated carbocycles. The fourth-order valence-electron chi connectivity index (χ4n) is 4.61. The standard InChI is InChI=1S/C33H50N12O5/c1-5-20(2)27(31(49)50)42-30(48)26(9-7-19-39-33(36)37)41-29(47)25(8-6-18-38-32(34)35)40-28(46)21-10-12-22(13-11-21)43-44-23-14-16-24(17-15-23)45(3)4/h10-17,20,25-27H,5-9,18-19H2,1-4H3,(H,40,46)(H,41,47)(H,42,48)(H,49,50)(H4,34,35,38)(H4,36,37,39)/t20-,25-,26-,27-/m0/s1. The number of guanidine groups is 2. The Balaban J connectivity index is 2.23. The highest BCUT2D eigenvalue weighted by atomic mass is 16.4. The fourth-order valence-corrected chi connectivity index (χ4v) is 4.61. The second kappa shape index (κ2) is 20.6. The zero-order chi connectivity index (χ0) is 37.2. The van der Waals surface area contributed by atoms with Gasteiger partial charge in [0.15, 0.2) is 11.9 Å². The van der Waals surface area contributed by atoms with Crippen LogP contribution in [-0.4, -0.2) is 86.0 Å². The number of amides is 3. The Morgan fingerprint density at radius 2 is 1.20 bits per heavy atom. The molecule has 2 aromatic rings. The molecule has 0 radical (unpaired) electrons. The van der Waals surface area contributed by atoms with Crippen LogP contribution in [0.2, 0.25) is 0 Å². The fraction of sp³-hybridized carbons (Fsp3) is 0.455. The maximum absolute atomic E-state index is 13.6. The Morgan fingerprint density at radius 1 is 0.740 bits per heavy atom. The van der Waals surface area contributed by atoms with E-state index in [1.165, 1.54) is 0 Å². The number of rotatable bonds is 20. The highest BCUT2D eigenvalue weighted by Crippen LogP contribution is 2.22. The number of carboxylic acid groups (broad SMARTS) is 1. The molecule has 0 bridgehead atoms. The van der Waals surface area contributed by atoms with Gasteiger partial charge in [0.25, 0.3) is 5.91 Å². The van der Waals surface area contributed by atoms with Crippen LogP contribution in [0.25, 0.3) is 0 Å². The van der Waals surface area contributed by atoms with E-state index in [0.29, 0.717) is 30.6 Å². The Hall–Kier alpha value is -5.74. The van der Waals surface area contributed by atoms with Crippen LogP contribution in [0, 0.1) is 5.92 Å². The average molecular weight is 695 g/mol. The zero-order valence-electron chi connectivity index (χ0n) is 29.0. The van der Waals surface area contributed by atoms with E-state index < -0.39 is 41.8 Å². The van der Waals surface area contributed by atoms with Gasteiger partial charge in [0, 0.05) is 38.4 Å². The molecule has 272 valence electrons. The molecule has 0 aliphatic carbocycles. The highest BCUT2D eigenvalue weighted by Gasteiger charge is 2.31. The molecular weight excluding hydrogens is 644 g/mol. The topological polar surface area (TPSA) is 281 Å². The lowest BCUT2D eigenvalue weighted by atomic mass is 9.98. The van der Waals surface area contributed by atoms with E-state index >= 15 is 0 Å². The molecule has 3 amide bonds. The van der Waals surface area contributed by atoms with E-state index in [-0.39, 0.29) is 49.3 Å². The first-order valence-electron chi connectivity index (χ1n) is 16.3. The maximum Gasteiger partial charge on any atom is 0.326 e. The first kappa shape index (κ1) is 40.4. The molecule has 2 rings (SSSR count). The molecule has 0 saturated heterocycles. The third kappa shape index (κ3) is 14.2. The van der Waals surface area contributed by atoms with Gasteiger partial charge < -0.3 is 48.9 Å². The van der Waals surface area contributed by atoms with E-state index in [1.54, 1.807) is 38.1 Å². The minimum absolute atomic E-state index is 0.0890. The van der Waals surface area contributed by atoms with Crippen LogP contribution in [0.4, 0.5) is 17.1 Å². The van der Waals surface area contributed by atoms with Crippen molar-refractivity contribution < 1.29 is 24.3 Å². The average Bonchev–Trinajstić information content (AvgIpc) is 3.08. The number of carbonyl (C=O) groups is 4. The van der Waals surface area contributed by atoms with E-state index in [0.717, 1.165) is 5.69 Å². The molecule has 0 aliphatic rings. The molecule has 50 heavy (non-hydrogen) atoms. The summed E-state index contributed by atoms with van der Waals surface area (Å²) in [7, 11) is 3.88. The first-order chi connectivity index (χ1) is 23.7. The van der Waals surface area contributed by atoms with Crippen molar-refractivity contribution in [3.63, 3.8) is 0 Å². The highest BCUT2D eigenvalue weighted by molar-refractivity contribution is 5.98. The summed E-state index contributed by atoms with van der Waals surface area (Å²) in [5, 5.41) is 26.1. The van der Waals surface area contributed by atoms with Gasteiger partial charge in [0.2, 0.25) is 11.8 Å². The van der Waals surface area contributed by atoms with Gasteiger partial charge in [-0.05, 0) is 80.1 Å². The molecule has 17 heteroatoms. The molecule has 0 aromatic heterocycles. The van der Waals surface area contributed by atoms with Gasteiger partial charge in [-0.3, -0.25) is 24.4 Å². The van der Waals surface area contributed by atoms with Gasteiger partial charge >= 0.3 is 5.97 Å². The lowest BCUT2D eigenvalue weighted by Crippen LogP contribution is -2.56. The monoisotopic (exact) mass is 694 g/mol. The number of nitrogens with one attached hydrogen (secondary N) is 3. The van der Waals surface area contributed by atoms with E-state index in [9.17, 15) is 24.3 Å². The summed E-state index contributed by atoms with van der Waals surface area (Å²) in [5.74, 6) is -3.73. The number of carboxylic acids is 1. The van der Waals surface area contributed by atoms with Crippen LogP contribution in [0.1, 0.15) is 56.3 Å². The van der Waals surface area contributed by atoms with E-state index in [4.69, 9.17) is 22.9 Å². The van der Waals surface area contributed by atoms with Crippen LogP contribution in [-0.2, 0) is 14.4 Å². The number of anilines is 1. The van der Waals surface area contributed by atoms with Crippen LogP contribution >= 0.6 is 0 Å². The molecule has 0 aliphatic heterocycles. The Bertz CT molecular complexity index is 1500. The van der Waals surface area contributed by atoms with Gasteiger partial charge in [-0.25, -0.2) is 4.79 Å². The summed E-state index contributed by atoms with van der Waals surface area (Å²) in [5.41, 5.74) is 24.1. The van der Waals surface area contributed by atoms with Crippen LogP contribution < -0.4 is 43.8 Å². The number of azo groups is 1. The van der Waals surface area contributed by atoms with Crippen molar-refractivity contribution in [2.45, 2.75) is 64.1 Å². The SMILES string of the molecule is CC[C@H](C)[C@H](NC(=O)[C@H](CCCN=C(N)N)NC(=O)[C@H](CCCN=C(N)N)NC(=O)c1ccc(N=Nc2ccc(N(C)C)cc2)cc1)C(=O)O. The Morgan fingerprint density at radius 3 is 1.64 bits per heavy atom. The van der Waals surface area contributed by atoms with Crippen molar-refractivity contribution >= 4 is 52.7 Å². The van der Waals surface area contributed by atoms with E-state index in [2.05, 4.69) is 36.2 Å². The second-order valence-electron chi connectivity index (χ2n) is 11.9. The maximum atomic E-state index is 13.6. The molecule has 0 spiro atoms. The Labute approximate surface area is 292 Å². The molecule has 2 aromatic carbocycles. The molecule has 0 heterocycles. The predicted octanol–water partition coefficient (Wildman–Crippen LogP) is 1.47. The molecule has 0 unspecified atom stereocenters. The number of benzene rings is 2. The number of aliphatic imine (C=N–C) groups is 2. The largest absolute Gasteiger partial charge is 0.480 e. The molecule has 4 atom stereocenters. The molecule has 12 N–H and O–H groups in total. The number of hydrogen-bond donors (Lipinski definition) is 8. The van der Waals surface area contributed by atoms with Crippen molar-refractivity contribution in [1.82, 2.24) is 16.0 Å². The third-order valence-corrected chi connectivity index (χ3v) is 7.70. The predicted molar refractivity (Wildman–Crippen MR) is 193 cm³/mol. The number of hydrogen-bond acceptors (Lipinski definition) is 9. The lowest BCUT2D eigenvalue weighted by Gasteiger charge is -2.26. The Kier molecular flexibility index (Phi) is 16.6. The second-order valence-corrected chi connectivity index (χ2v) is 11.9. The van der Waals surface area contributed by atoms with E-state index in [1.807, 2.05) is 43.3 Å². The quantitative estimate of drug-likeness (QED) is 0.0427. The summed E-state index contributed by atoms with van der Waals surface area (Å²) < 4.78 is 0. The third-order valence-electron chi connectivity index (χ3n) is 7.70. The van der Waals surface area contributed by atoms with Crippen molar-refractivity contribution in [3.8, 4) is 0 Å². The summed E-state index contributed by atoms with van der Waals surface area (Å²) in [6.07, 6.45) is 1.33. The smallest absolute Gasteiger partial charge is 0.326 e. The van der Waals surface area contributed by atoms with Crippen molar-refractivity contribution in [3.05, 3.63) is 54.1 Å². The number of nitrogens with two attached hydrogens (primary N) is 4. The van der Waals surface area contributed by atoms with Crippen molar-refractivity contribution in [1.29, 1.82) is 0 Å². The van der Waals surface area contributed by atoms with Gasteiger partial charge in [-0.2, -0.15) is 10.2 Å². The first-order valence-corrected chi connectivity index (χ1v) is 16.3. The number of carbonyl (C=O) groups excluding carboxylic acids is 3.